The highest BCUT2D eigenvalue weighted by molar-refractivity contribution is 7.99. The van der Waals surface area contributed by atoms with Crippen LogP contribution in [0.15, 0.2) is 246 Å². The molecule has 286 valence electrons. The van der Waals surface area contributed by atoms with Crippen LogP contribution in [0.2, 0.25) is 0 Å². The maximum absolute atomic E-state index is 2.48. The molecule has 0 N–H and O–H groups in total. The van der Waals surface area contributed by atoms with Gasteiger partial charge in [-0.3, -0.25) is 0 Å². The van der Waals surface area contributed by atoms with E-state index in [0.29, 0.717) is 0 Å². The zero-order valence-electron chi connectivity index (χ0n) is 33.4. The summed E-state index contributed by atoms with van der Waals surface area (Å²) in [5.41, 5.74) is 18.2. The number of benzene rings is 10. The smallest absolute Gasteiger partial charge is 0.0735 e. The highest BCUT2D eigenvalue weighted by Crippen LogP contribution is 2.63. The molecule has 1 spiro atoms. The molecule has 1 heterocycles. The first-order chi connectivity index (χ1) is 30.2. The third kappa shape index (κ3) is 5.71. The summed E-state index contributed by atoms with van der Waals surface area (Å²) in [4.78, 5) is 5.02. The lowest BCUT2D eigenvalue weighted by atomic mass is 9.66. The van der Waals surface area contributed by atoms with E-state index < -0.39 is 5.41 Å². The summed E-state index contributed by atoms with van der Waals surface area (Å²) in [6.07, 6.45) is 0. The number of fused-ring (bicyclic) bond motifs is 11. The van der Waals surface area contributed by atoms with Gasteiger partial charge in [-0.15, -0.1) is 0 Å². The number of hydrogen-bond acceptors (Lipinski definition) is 2. The van der Waals surface area contributed by atoms with Gasteiger partial charge in [-0.2, -0.15) is 0 Å². The van der Waals surface area contributed by atoms with Crippen molar-refractivity contribution in [1.82, 2.24) is 0 Å². The molecule has 0 unspecified atom stereocenters. The van der Waals surface area contributed by atoms with Crippen LogP contribution in [0.3, 0.4) is 0 Å². The van der Waals surface area contributed by atoms with Gasteiger partial charge in [0.1, 0.15) is 0 Å². The molecule has 0 amide bonds. The maximum atomic E-state index is 2.48. The van der Waals surface area contributed by atoms with E-state index in [1.165, 1.54) is 87.3 Å². The second kappa shape index (κ2) is 14.4. The minimum absolute atomic E-state index is 0.447. The highest BCUT2D eigenvalue weighted by atomic mass is 32.2. The molecule has 12 rings (SSSR count). The second-order valence-corrected chi connectivity index (χ2v) is 17.1. The summed E-state index contributed by atoms with van der Waals surface area (Å²) in [5.74, 6) is 0. The van der Waals surface area contributed by atoms with E-state index in [4.69, 9.17) is 0 Å². The average molecular weight is 794 g/mol. The predicted molar refractivity (Wildman–Crippen MR) is 256 cm³/mol. The summed E-state index contributed by atoms with van der Waals surface area (Å²) in [6.45, 7) is 0. The third-order valence-corrected chi connectivity index (χ3v) is 14.0. The minimum atomic E-state index is -0.447. The van der Waals surface area contributed by atoms with Crippen LogP contribution in [0, 0.1) is 0 Å². The predicted octanol–water partition coefficient (Wildman–Crippen LogP) is 16.1. The summed E-state index contributed by atoms with van der Waals surface area (Å²) < 4.78 is 0. The molecule has 0 saturated carbocycles. The highest BCUT2D eigenvalue weighted by Gasteiger charge is 2.50. The van der Waals surface area contributed by atoms with Gasteiger partial charge in [0.15, 0.2) is 0 Å². The van der Waals surface area contributed by atoms with E-state index >= 15 is 0 Å². The van der Waals surface area contributed by atoms with E-state index in [-0.39, 0.29) is 0 Å². The zero-order valence-corrected chi connectivity index (χ0v) is 34.2. The fourth-order valence-corrected chi connectivity index (χ4v) is 11.2. The van der Waals surface area contributed by atoms with Crippen LogP contribution in [0.4, 0.5) is 17.1 Å². The largest absolute Gasteiger partial charge is 0.311 e. The fraction of sp³-hybridized carbons (Fsp3) is 0.0169. The molecule has 0 aromatic heterocycles. The van der Waals surface area contributed by atoms with Crippen molar-refractivity contribution < 1.29 is 0 Å². The van der Waals surface area contributed by atoms with E-state index in [2.05, 4.69) is 241 Å². The van der Waals surface area contributed by atoms with E-state index in [1.807, 2.05) is 11.8 Å². The Bertz CT molecular complexity index is 3110. The Morgan fingerprint density at radius 2 is 0.754 bits per heavy atom. The second-order valence-electron chi connectivity index (χ2n) is 16.0. The first-order valence-corrected chi connectivity index (χ1v) is 21.8. The molecule has 2 aliphatic rings. The van der Waals surface area contributed by atoms with Gasteiger partial charge in [-0.05, 0) is 126 Å². The SMILES string of the molecule is c1ccc(-c2ccc(N(c3ccc(-c4ccccc4)cc3)c3ccc(-c4ccc5c(c4)C4(c6ccccc6-c6ccccc64)c4ccc6ccccc6c4S5)cc3)cc2)cc1. The third-order valence-electron chi connectivity index (χ3n) is 12.8. The first-order valence-electron chi connectivity index (χ1n) is 21.0. The Hall–Kier alpha value is -7.39. The molecule has 0 radical (unpaired) electrons. The van der Waals surface area contributed by atoms with Crippen LogP contribution >= 0.6 is 11.8 Å². The Labute approximate surface area is 361 Å². The standard InChI is InChI=1S/C59H39NS/c1-3-13-40(14-4-1)42-23-31-47(32-24-42)60(48-33-25-43(26-34-48)41-15-5-2-6-16-41)49-35-27-44(28-36-49)46-30-38-57-56(39-46)59(55-37-29-45-17-7-8-18-50(45)58(55)61-57)53-21-11-9-19-51(53)52-20-10-12-22-54(52)59/h1-39H. The Morgan fingerprint density at radius 1 is 0.311 bits per heavy atom. The Balaban J connectivity index is 0.979. The molecule has 1 aliphatic carbocycles. The van der Waals surface area contributed by atoms with Crippen molar-refractivity contribution in [2.45, 2.75) is 15.2 Å². The lowest BCUT2D eigenvalue weighted by Crippen LogP contribution is -2.32. The lowest BCUT2D eigenvalue weighted by Gasteiger charge is -2.40. The molecule has 61 heavy (non-hydrogen) atoms. The van der Waals surface area contributed by atoms with Gasteiger partial charge in [0.2, 0.25) is 0 Å². The van der Waals surface area contributed by atoms with E-state index in [0.717, 1.165) is 17.1 Å². The van der Waals surface area contributed by atoms with Crippen molar-refractivity contribution >= 4 is 39.6 Å². The van der Waals surface area contributed by atoms with Gasteiger partial charge >= 0.3 is 0 Å². The average Bonchev–Trinajstić information content (AvgIpc) is 3.63. The summed E-state index contributed by atoms with van der Waals surface area (Å²) >= 11 is 1.92. The fourth-order valence-electron chi connectivity index (χ4n) is 9.93. The van der Waals surface area contributed by atoms with Crippen molar-refractivity contribution in [3.05, 3.63) is 259 Å². The lowest BCUT2D eigenvalue weighted by molar-refractivity contribution is 0.726. The maximum Gasteiger partial charge on any atom is 0.0735 e. The topological polar surface area (TPSA) is 3.24 Å². The van der Waals surface area contributed by atoms with Gasteiger partial charge in [0.05, 0.1) is 5.41 Å². The van der Waals surface area contributed by atoms with Crippen molar-refractivity contribution in [2.24, 2.45) is 0 Å². The van der Waals surface area contributed by atoms with Crippen LogP contribution < -0.4 is 4.90 Å². The Kier molecular flexibility index (Phi) is 8.40. The molecular formula is C59H39NS. The summed E-state index contributed by atoms with van der Waals surface area (Å²) in [7, 11) is 0. The minimum Gasteiger partial charge on any atom is -0.311 e. The quantitative estimate of drug-likeness (QED) is 0.165. The van der Waals surface area contributed by atoms with Crippen molar-refractivity contribution in [2.75, 3.05) is 4.90 Å². The van der Waals surface area contributed by atoms with Crippen molar-refractivity contribution in [1.29, 1.82) is 0 Å². The van der Waals surface area contributed by atoms with Crippen molar-refractivity contribution in [3.63, 3.8) is 0 Å². The van der Waals surface area contributed by atoms with Crippen LogP contribution in [-0.4, -0.2) is 0 Å². The molecule has 0 saturated heterocycles. The van der Waals surface area contributed by atoms with Gasteiger partial charge in [0.25, 0.3) is 0 Å². The van der Waals surface area contributed by atoms with Gasteiger partial charge < -0.3 is 4.90 Å². The summed E-state index contributed by atoms with van der Waals surface area (Å²) in [5, 5.41) is 2.59. The zero-order chi connectivity index (χ0) is 40.3. The van der Waals surface area contributed by atoms with E-state index in [1.54, 1.807) is 0 Å². The first kappa shape index (κ1) is 35.5. The van der Waals surface area contributed by atoms with Crippen LogP contribution in [-0.2, 0) is 5.41 Å². The molecule has 1 nitrogen and oxygen atoms in total. The molecule has 0 fully saturated rings. The van der Waals surface area contributed by atoms with Crippen LogP contribution in [0.5, 0.6) is 0 Å². The molecular weight excluding hydrogens is 755 g/mol. The number of nitrogens with zero attached hydrogens (tertiary/aromatic N) is 1. The van der Waals surface area contributed by atoms with E-state index in [9.17, 15) is 0 Å². The number of hydrogen-bond donors (Lipinski definition) is 0. The number of rotatable bonds is 6. The molecule has 2 heteroatoms. The van der Waals surface area contributed by atoms with Crippen LogP contribution in [0.25, 0.3) is 55.3 Å². The van der Waals surface area contributed by atoms with Gasteiger partial charge in [-0.25, -0.2) is 0 Å². The normalized spacial score (nSPS) is 13.0. The van der Waals surface area contributed by atoms with Gasteiger partial charge in [0, 0.05) is 26.9 Å². The van der Waals surface area contributed by atoms with Crippen molar-refractivity contribution in [3.8, 4) is 44.5 Å². The molecule has 0 atom stereocenters. The molecule has 1 aliphatic heterocycles. The molecule has 10 aromatic rings. The molecule has 10 aromatic carbocycles. The summed E-state index contributed by atoms with van der Waals surface area (Å²) in [6, 6.07) is 87.1. The van der Waals surface area contributed by atoms with Gasteiger partial charge in [-0.1, -0.05) is 200 Å². The Morgan fingerprint density at radius 3 is 1.31 bits per heavy atom. The monoisotopic (exact) mass is 793 g/mol. The number of anilines is 3. The molecule has 0 bridgehead atoms. The van der Waals surface area contributed by atoms with Crippen LogP contribution in [0.1, 0.15) is 22.3 Å².